The highest BCUT2D eigenvalue weighted by molar-refractivity contribution is 9.11. The molecule has 0 N–H and O–H groups in total. The number of rotatable bonds is 5. The number of hydrogen-bond donors (Lipinski definition) is 0. The van der Waals surface area contributed by atoms with Crippen LogP contribution in [0.3, 0.4) is 0 Å². The first-order valence-electron chi connectivity index (χ1n) is 6.81. The molecule has 0 saturated heterocycles. The summed E-state index contributed by atoms with van der Waals surface area (Å²) in [6.45, 7) is 3.34. The lowest BCUT2D eigenvalue weighted by atomic mass is 10.1. The monoisotopic (exact) mass is 366 g/mol. The van der Waals surface area contributed by atoms with Gasteiger partial charge in [-0.25, -0.2) is 0 Å². The maximum Gasteiger partial charge on any atom is 0.255 e. The van der Waals surface area contributed by atoms with Gasteiger partial charge in [-0.05, 0) is 46.6 Å². The van der Waals surface area contributed by atoms with E-state index in [0.29, 0.717) is 13.1 Å². The van der Waals surface area contributed by atoms with Crippen molar-refractivity contribution < 1.29 is 4.79 Å². The van der Waals surface area contributed by atoms with Crippen molar-refractivity contribution in [3.63, 3.8) is 0 Å². The molecule has 0 radical (unpaired) electrons. The molecule has 0 saturated carbocycles. The number of amides is 1. The van der Waals surface area contributed by atoms with Gasteiger partial charge in [-0.15, -0.1) is 11.3 Å². The zero-order chi connectivity index (χ0) is 15.4. The van der Waals surface area contributed by atoms with Gasteiger partial charge in [-0.3, -0.25) is 4.79 Å². The largest absolute Gasteiger partial charge is 0.378 e. The molecule has 0 spiro atoms. The van der Waals surface area contributed by atoms with Crippen LogP contribution in [0.2, 0.25) is 0 Å². The molecule has 1 aromatic heterocycles. The number of thiophene rings is 1. The van der Waals surface area contributed by atoms with Crippen molar-refractivity contribution in [2.45, 2.75) is 13.5 Å². The average molecular weight is 367 g/mol. The summed E-state index contributed by atoms with van der Waals surface area (Å²) >= 11 is 4.94. The SMILES string of the molecule is CCN(Cc1ccc(N(C)C)cc1)C(=O)c1csc(Br)c1. The van der Waals surface area contributed by atoms with Gasteiger partial charge in [0.05, 0.1) is 9.35 Å². The van der Waals surface area contributed by atoms with E-state index in [0.717, 1.165) is 20.6 Å². The van der Waals surface area contributed by atoms with Gasteiger partial charge >= 0.3 is 0 Å². The first-order chi connectivity index (χ1) is 10.0. The van der Waals surface area contributed by atoms with Crippen molar-refractivity contribution in [3.8, 4) is 0 Å². The summed E-state index contributed by atoms with van der Waals surface area (Å²) < 4.78 is 0.984. The molecule has 0 atom stereocenters. The smallest absolute Gasteiger partial charge is 0.255 e. The highest BCUT2D eigenvalue weighted by Crippen LogP contribution is 2.22. The minimum absolute atomic E-state index is 0.0798. The lowest BCUT2D eigenvalue weighted by Gasteiger charge is -2.21. The maximum atomic E-state index is 12.5. The Bertz CT molecular complexity index is 607. The second-order valence-electron chi connectivity index (χ2n) is 5.02. The summed E-state index contributed by atoms with van der Waals surface area (Å²) in [5.74, 6) is 0.0798. The highest BCUT2D eigenvalue weighted by atomic mass is 79.9. The number of hydrogen-bond acceptors (Lipinski definition) is 3. The van der Waals surface area contributed by atoms with E-state index in [4.69, 9.17) is 0 Å². The van der Waals surface area contributed by atoms with Crippen molar-refractivity contribution in [1.29, 1.82) is 0 Å². The molecule has 112 valence electrons. The second kappa shape index (κ2) is 7.09. The number of halogens is 1. The molecule has 1 aromatic carbocycles. The van der Waals surface area contributed by atoms with E-state index in [9.17, 15) is 4.79 Å². The lowest BCUT2D eigenvalue weighted by molar-refractivity contribution is 0.0753. The van der Waals surface area contributed by atoms with Crippen LogP contribution in [0.15, 0.2) is 39.5 Å². The van der Waals surface area contributed by atoms with Crippen LogP contribution < -0.4 is 4.90 Å². The zero-order valence-corrected chi connectivity index (χ0v) is 14.9. The van der Waals surface area contributed by atoms with Gasteiger partial charge in [0.2, 0.25) is 0 Å². The fourth-order valence-electron chi connectivity index (χ4n) is 2.05. The van der Waals surface area contributed by atoms with Crippen LogP contribution in [0, 0.1) is 0 Å². The lowest BCUT2D eigenvalue weighted by Crippen LogP contribution is -2.30. The van der Waals surface area contributed by atoms with Gasteiger partial charge in [0.25, 0.3) is 5.91 Å². The predicted octanol–water partition coefficient (Wildman–Crippen LogP) is 4.24. The van der Waals surface area contributed by atoms with Crippen LogP contribution in [0.4, 0.5) is 5.69 Å². The fraction of sp³-hybridized carbons (Fsp3) is 0.312. The predicted molar refractivity (Wildman–Crippen MR) is 93.2 cm³/mol. The van der Waals surface area contributed by atoms with E-state index < -0.39 is 0 Å². The molecule has 1 amide bonds. The molecule has 5 heteroatoms. The van der Waals surface area contributed by atoms with Crippen LogP contribution in [0.1, 0.15) is 22.8 Å². The van der Waals surface area contributed by atoms with E-state index in [2.05, 4.69) is 45.1 Å². The van der Waals surface area contributed by atoms with E-state index in [1.54, 1.807) is 0 Å². The summed E-state index contributed by atoms with van der Waals surface area (Å²) in [6, 6.07) is 10.2. The third kappa shape index (κ3) is 4.08. The summed E-state index contributed by atoms with van der Waals surface area (Å²) in [5, 5.41) is 1.89. The van der Waals surface area contributed by atoms with Crippen LogP contribution in [-0.2, 0) is 6.54 Å². The Labute approximate surface area is 138 Å². The third-order valence-electron chi connectivity index (χ3n) is 3.31. The molecular formula is C16H19BrN2OS. The minimum atomic E-state index is 0.0798. The first kappa shape index (κ1) is 16.0. The molecule has 0 bridgehead atoms. The molecule has 3 nitrogen and oxygen atoms in total. The number of carbonyl (C=O) groups excluding carboxylic acids is 1. The van der Waals surface area contributed by atoms with Crippen LogP contribution in [-0.4, -0.2) is 31.4 Å². The molecule has 21 heavy (non-hydrogen) atoms. The number of benzene rings is 1. The van der Waals surface area contributed by atoms with Gasteiger partial charge in [-0.2, -0.15) is 0 Å². The number of nitrogens with zero attached hydrogens (tertiary/aromatic N) is 2. The van der Waals surface area contributed by atoms with E-state index >= 15 is 0 Å². The Balaban J connectivity index is 2.10. The summed E-state index contributed by atoms with van der Waals surface area (Å²) in [5.41, 5.74) is 3.05. The number of carbonyl (C=O) groups is 1. The van der Waals surface area contributed by atoms with Gasteiger partial charge in [0, 0.05) is 38.3 Å². The van der Waals surface area contributed by atoms with Crippen LogP contribution in [0.25, 0.3) is 0 Å². The molecule has 0 aliphatic carbocycles. The van der Waals surface area contributed by atoms with Crippen LogP contribution >= 0.6 is 27.3 Å². The minimum Gasteiger partial charge on any atom is -0.378 e. The Hall–Kier alpha value is -1.33. The summed E-state index contributed by atoms with van der Waals surface area (Å²) in [4.78, 5) is 16.4. The van der Waals surface area contributed by atoms with Gasteiger partial charge < -0.3 is 9.80 Å². The normalized spacial score (nSPS) is 10.5. The average Bonchev–Trinajstić information content (AvgIpc) is 2.91. The van der Waals surface area contributed by atoms with Crippen molar-refractivity contribution in [2.75, 3.05) is 25.5 Å². The molecule has 0 fully saturated rings. The molecule has 0 aliphatic heterocycles. The van der Waals surface area contributed by atoms with Crippen LogP contribution in [0.5, 0.6) is 0 Å². The molecule has 1 heterocycles. The fourth-order valence-corrected chi connectivity index (χ4v) is 3.18. The first-order valence-corrected chi connectivity index (χ1v) is 8.48. The molecule has 0 aliphatic rings. The van der Waals surface area contributed by atoms with E-state index in [1.807, 2.05) is 37.4 Å². The Morgan fingerprint density at radius 2 is 1.90 bits per heavy atom. The maximum absolute atomic E-state index is 12.5. The van der Waals surface area contributed by atoms with Gasteiger partial charge in [0.1, 0.15) is 0 Å². The Morgan fingerprint density at radius 3 is 2.38 bits per heavy atom. The van der Waals surface area contributed by atoms with Gasteiger partial charge in [-0.1, -0.05) is 12.1 Å². The molecular weight excluding hydrogens is 348 g/mol. The Morgan fingerprint density at radius 1 is 1.24 bits per heavy atom. The van der Waals surface area contributed by atoms with E-state index in [-0.39, 0.29) is 5.91 Å². The molecule has 0 unspecified atom stereocenters. The highest BCUT2D eigenvalue weighted by Gasteiger charge is 2.15. The topological polar surface area (TPSA) is 23.6 Å². The third-order valence-corrected chi connectivity index (χ3v) is 4.81. The number of anilines is 1. The standard InChI is InChI=1S/C16H19BrN2OS/c1-4-19(16(20)13-9-15(17)21-11-13)10-12-5-7-14(8-6-12)18(2)3/h5-9,11H,4,10H2,1-3H3. The van der Waals surface area contributed by atoms with Crippen molar-refractivity contribution in [2.24, 2.45) is 0 Å². The summed E-state index contributed by atoms with van der Waals surface area (Å²) in [6.07, 6.45) is 0. The Kier molecular flexibility index (Phi) is 5.42. The second-order valence-corrected chi connectivity index (χ2v) is 7.31. The summed E-state index contributed by atoms with van der Waals surface area (Å²) in [7, 11) is 4.04. The van der Waals surface area contributed by atoms with Crippen molar-refractivity contribution in [3.05, 3.63) is 50.6 Å². The zero-order valence-electron chi connectivity index (χ0n) is 12.5. The van der Waals surface area contributed by atoms with Crippen molar-refractivity contribution >= 4 is 38.9 Å². The molecule has 2 aromatic rings. The quantitative estimate of drug-likeness (QED) is 0.789. The molecule has 2 rings (SSSR count). The van der Waals surface area contributed by atoms with Gasteiger partial charge in [0.15, 0.2) is 0 Å². The van der Waals surface area contributed by atoms with Crippen molar-refractivity contribution in [1.82, 2.24) is 4.90 Å². The van der Waals surface area contributed by atoms with E-state index in [1.165, 1.54) is 11.3 Å².